The minimum Gasteiger partial charge on any atom is -0.312 e. The summed E-state index contributed by atoms with van der Waals surface area (Å²) in [6, 6.07) is 21.3. The molecule has 3 nitrogen and oxygen atoms in total. The van der Waals surface area contributed by atoms with Crippen LogP contribution in [0.2, 0.25) is 0 Å². The van der Waals surface area contributed by atoms with Crippen LogP contribution in [0.5, 0.6) is 0 Å². The van der Waals surface area contributed by atoms with Gasteiger partial charge in [-0.1, -0.05) is 53.7 Å². The number of benzene rings is 2. The van der Waals surface area contributed by atoms with Crippen molar-refractivity contribution in [2.24, 2.45) is 5.16 Å². The number of nitrogens with zero attached hydrogens (tertiary/aromatic N) is 1. The fourth-order valence-electron chi connectivity index (χ4n) is 2.36. The Bertz CT molecular complexity index is 858. The largest absolute Gasteiger partial charge is 0.366 e. The van der Waals surface area contributed by atoms with Crippen molar-refractivity contribution in [3.8, 4) is 0 Å². The van der Waals surface area contributed by atoms with Crippen LogP contribution < -0.4 is 0 Å². The predicted molar refractivity (Wildman–Crippen MR) is 105 cm³/mol. The molecule has 0 unspecified atom stereocenters. The lowest BCUT2D eigenvalue weighted by molar-refractivity contribution is 0.0512. The number of carbonyl (C=O) groups is 1. The van der Waals surface area contributed by atoms with E-state index in [0.717, 1.165) is 21.0 Å². The van der Waals surface area contributed by atoms with Crippen LogP contribution >= 0.6 is 23.1 Å². The van der Waals surface area contributed by atoms with Crippen molar-refractivity contribution >= 4 is 34.8 Å². The summed E-state index contributed by atoms with van der Waals surface area (Å²) in [7, 11) is 0. The number of thiophene rings is 1. The van der Waals surface area contributed by atoms with Gasteiger partial charge in [0, 0.05) is 11.3 Å². The number of hydrogen-bond acceptors (Lipinski definition) is 5. The van der Waals surface area contributed by atoms with E-state index in [-0.39, 0.29) is 0 Å². The van der Waals surface area contributed by atoms with Crippen LogP contribution in [0, 0.1) is 0 Å². The second kappa shape index (κ2) is 8.65. The fourth-order valence-corrected chi connectivity index (χ4v) is 3.65. The second-order valence-corrected chi connectivity index (χ2v) is 7.05. The van der Waals surface area contributed by atoms with Gasteiger partial charge in [-0.25, -0.2) is 4.79 Å². The minimum atomic E-state index is -0.438. The maximum atomic E-state index is 12.4. The zero-order valence-corrected chi connectivity index (χ0v) is 15.3. The topological polar surface area (TPSA) is 38.7 Å². The molecule has 126 valence electrons. The summed E-state index contributed by atoms with van der Waals surface area (Å²) in [6.45, 7) is 0. The van der Waals surface area contributed by atoms with Crippen molar-refractivity contribution in [1.29, 1.82) is 0 Å². The van der Waals surface area contributed by atoms with Crippen LogP contribution in [-0.2, 0) is 11.3 Å². The van der Waals surface area contributed by atoms with E-state index in [9.17, 15) is 4.79 Å². The Kier molecular flexibility index (Phi) is 6.04. The van der Waals surface area contributed by atoms with Gasteiger partial charge in [-0.05, 0) is 35.4 Å². The molecule has 25 heavy (non-hydrogen) atoms. The molecule has 3 aromatic rings. The molecule has 0 bridgehead atoms. The number of oxime groups is 1. The molecule has 1 aromatic heterocycles. The first kappa shape index (κ1) is 17.5. The van der Waals surface area contributed by atoms with Crippen molar-refractivity contribution in [3.05, 3.63) is 88.1 Å². The van der Waals surface area contributed by atoms with Crippen molar-refractivity contribution < 1.29 is 9.63 Å². The maximum absolute atomic E-state index is 12.4. The summed E-state index contributed by atoms with van der Waals surface area (Å²) in [5.74, 6) is -0.438. The van der Waals surface area contributed by atoms with E-state index in [0.29, 0.717) is 12.0 Å². The SMILES string of the molecule is CSc1ccccc1C(=O)O/N=C(\Cc1ccccc1)c1cccs1. The molecule has 0 N–H and O–H groups in total. The van der Waals surface area contributed by atoms with E-state index in [1.165, 1.54) is 11.8 Å². The number of thioether (sulfide) groups is 1. The van der Waals surface area contributed by atoms with Crippen LogP contribution in [0.25, 0.3) is 0 Å². The Labute approximate surface area is 155 Å². The van der Waals surface area contributed by atoms with E-state index in [1.807, 2.05) is 72.3 Å². The molecule has 5 heteroatoms. The Hall–Kier alpha value is -2.37. The zero-order valence-electron chi connectivity index (χ0n) is 13.7. The molecule has 0 aliphatic carbocycles. The lowest BCUT2D eigenvalue weighted by Gasteiger charge is -2.06. The summed E-state index contributed by atoms with van der Waals surface area (Å²) >= 11 is 3.09. The lowest BCUT2D eigenvalue weighted by atomic mass is 10.1. The fraction of sp³-hybridized carbons (Fsp3) is 0.100. The molecular weight excluding hydrogens is 350 g/mol. The van der Waals surface area contributed by atoms with E-state index in [1.54, 1.807) is 17.4 Å². The van der Waals surface area contributed by atoms with Gasteiger partial charge in [-0.2, -0.15) is 0 Å². The third kappa shape index (κ3) is 4.59. The van der Waals surface area contributed by atoms with Gasteiger partial charge < -0.3 is 4.84 Å². The normalized spacial score (nSPS) is 11.3. The van der Waals surface area contributed by atoms with Crippen LogP contribution in [0.3, 0.4) is 0 Å². The highest BCUT2D eigenvalue weighted by Gasteiger charge is 2.14. The molecule has 0 saturated heterocycles. The van der Waals surface area contributed by atoms with Crippen molar-refractivity contribution in [2.45, 2.75) is 11.3 Å². The molecule has 2 aromatic carbocycles. The third-order valence-electron chi connectivity index (χ3n) is 3.59. The quantitative estimate of drug-likeness (QED) is 0.258. The predicted octanol–water partition coefficient (Wildman–Crippen LogP) is 5.27. The second-order valence-electron chi connectivity index (χ2n) is 5.26. The van der Waals surface area contributed by atoms with Gasteiger partial charge in [0.1, 0.15) is 5.71 Å². The molecule has 0 aliphatic rings. The highest BCUT2D eigenvalue weighted by Crippen LogP contribution is 2.21. The zero-order chi connectivity index (χ0) is 17.5. The van der Waals surface area contributed by atoms with Crippen LogP contribution in [-0.4, -0.2) is 17.9 Å². The number of hydrogen-bond donors (Lipinski definition) is 0. The van der Waals surface area contributed by atoms with E-state index >= 15 is 0 Å². The maximum Gasteiger partial charge on any atom is 0.366 e. The van der Waals surface area contributed by atoms with Crippen molar-refractivity contribution in [3.63, 3.8) is 0 Å². The molecule has 0 amide bonds. The van der Waals surface area contributed by atoms with Crippen LogP contribution in [0.1, 0.15) is 20.8 Å². The molecular formula is C20H17NO2S2. The van der Waals surface area contributed by atoms with Crippen LogP contribution in [0.15, 0.2) is 82.2 Å². The smallest absolute Gasteiger partial charge is 0.312 e. The van der Waals surface area contributed by atoms with Crippen molar-refractivity contribution in [1.82, 2.24) is 0 Å². The first-order valence-electron chi connectivity index (χ1n) is 7.77. The monoisotopic (exact) mass is 367 g/mol. The van der Waals surface area contributed by atoms with Gasteiger partial charge in [0.05, 0.1) is 10.4 Å². The lowest BCUT2D eigenvalue weighted by Crippen LogP contribution is -2.08. The first-order chi connectivity index (χ1) is 12.3. The third-order valence-corrected chi connectivity index (χ3v) is 5.30. The molecule has 0 fully saturated rings. The van der Waals surface area contributed by atoms with Crippen molar-refractivity contribution in [2.75, 3.05) is 6.26 Å². The standard InChI is InChI=1S/C20H17NO2S2/c1-24-18-11-6-5-10-16(18)20(22)23-21-17(19-12-7-13-25-19)14-15-8-3-2-4-9-15/h2-13H,14H2,1H3/b21-17+. The van der Waals surface area contributed by atoms with Gasteiger partial charge in [-0.15, -0.1) is 23.1 Å². The molecule has 0 spiro atoms. The van der Waals surface area contributed by atoms with E-state index in [4.69, 9.17) is 4.84 Å². The molecule has 3 rings (SSSR count). The van der Waals surface area contributed by atoms with E-state index in [2.05, 4.69) is 5.16 Å². The highest BCUT2D eigenvalue weighted by atomic mass is 32.2. The first-order valence-corrected chi connectivity index (χ1v) is 9.87. The highest BCUT2D eigenvalue weighted by molar-refractivity contribution is 7.98. The van der Waals surface area contributed by atoms with Gasteiger partial charge >= 0.3 is 5.97 Å². The summed E-state index contributed by atoms with van der Waals surface area (Å²) < 4.78 is 0. The number of carbonyl (C=O) groups excluding carboxylic acids is 1. The summed E-state index contributed by atoms with van der Waals surface area (Å²) in [5, 5.41) is 6.17. The average Bonchev–Trinajstić information content (AvgIpc) is 3.20. The van der Waals surface area contributed by atoms with Gasteiger partial charge in [-0.3, -0.25) is 0 Å². The van der Waals surface area contributed by atoms with Gasteiger partial charge in [0.25, 0.3) is 0 Å². The Morgan fingerprint density at radius 3 is 2.52 bits per heavy atom. The minimum absolute atomic E-state index is 0.438. The van der Waals surface area contributed by atoms with Crippen LogP contribution in [0.4, 0.5) is 0 Å². The molecule has 1 heterocycles. The van der Waals surface area contributed by atoms with Gasteiger partial charge in [0.2, 0.25) is 0 Å². The Balaban J connectivity index is 1.82. The molecule has 0 atom stereocenters. The summed E-state index contributed by atoms with van der Waals surface area (Å²) in [6.07, 6.45) is 2.54. The summed E-state index contributed by atoms with van der Waals surface area (Å²) in [5.41, 5.74) is 2.40. The Morgan fingerprint density at radius 2 is 1.80 bits per heavy atom. The van der Waals surface area contributed by atoms with Gasteiger partial charge in [0.15, 0.2) is 0 Å². The molecule has 0 aliphatic heterocycles. The van der Waals surface area contributed by atoms with E-state index < -0.39 is 5.97 Å². The molecule has 0 radical (unpaired) electrons. The summed E-state index contributed by atoms with van der Waals surface area (Å²) in [4.78, 5) is 19.6. The Morgan fingerprint density at radius 1 is 1.04 bits per heavy atom. The average molecular weight is 367 g/mol. The number of rotatable bonds is 6. The molecule has 0 saturated carbocycles.